The zero-order chi connectivity index (χ0) is 12.1. The second-order valence-electron chi connectivity index (χ2n) is 3.82. The van der Waals surface area contributed by atoms with Gasteiger partial charge in [-0.05, 0) is 24.6 Å². The summed E-state index contributed by atoms with van der Waals surface area (Å²) in [5.74, 6) is 0. The second kappa shape index (κ2) is 5.86. The average Bonchev–Trinajstić information content (AvgIpc) is 2.75. The van der Waals surface area contributed by atoms with Gasteiger partial charge in [-0.1, -0.05) is 0 Å². The maximum Gasteiger partial charge on any atom is 0.0897 e. The number of rotatable bonds is 5. The van der Waals surface area contributed by atoms with E-state index >= 15 is 0 Å². The standard InChI is InChI=1S/C12H16N4S/c1-9-16-12(8-17-9)7-14-6-10-2-3-15-11(4-10)5-13/h2-4,8,14H,5-7,13H2,1H3. The van der Waals surface area contributed by atoms with Crippen LogP contribution >= 0.6 is 11.3 Å². The van der Waals surface area contributed by atoms with Crippen LogP contribution in [-0.2, 0) is 19.6 Å². The van der Waals surface area contributed by atoms with E-state index in [2.05, 4.69) is 20.7 Å². The predicted molar refractivity (Wildman–Crippen MR) is 69.5 cm³/mol. The van der Waals surface area contributed by atoms with Crippen LogP contribution in [0.1, 0.15) is 22.0 Å². The fraction of sp³-hybridized carbons (Fsp3) is 0.333. The smallest absolute Gasteiger partial charge is 0.0897 e. The monoisotopic (exact) mass is 248 g/mol. The lowest BCUT2D eigenvalue weighted by molar-refractivity contribution is 0.680. The van der Waals surface area contributed by atoms with E-state index in [0.717, 1.165) is 29.5 Å². The van der Waals surface area contributed by atoms with Crippen LogP contribution in [0.15, 0.2) is 23.7 Å². The number of aryl methyl sites for hydroxylation is 1. The third-order valence-electron chi connectivity index (χ3n) is 2.39. The normalized spacial score (nSPS) is 10.7. The molecule has 5 heteroatoms. The first-order chi connectivity index (χ1) is 8.28. The molecular weight excluding hydrogens is 232 g/mol. The Morgan fingerprint density at radius 2 is 2.24 bits per heavy atom. The third-order valence-corrected chi connectivity index (χ3v) is 3.21. The van der Waals surface area contributed by atoms with Gasteiger partial charge in [0, 0.05) is 31.2 Å². The topological polar surface area (TPSA) is 63.8 Å². The number of aromatic nitrogens is 2. The molecule has 0 aromatic carbocycles. The number of thiazole rings is 1. The quantitative estimate of drug-likeness (QED) is 0.843. The Kier molecular flexibility index (Phi) is 4.19. The van der Waals surface area contributed by atoms with Gasteiger partial charge in [0.2, 0.25) is 0 Å². The molecule has 2 aromatic rings. The van der Waals surface area contributed by atoms with E-state index in [1.54, 1.807) is 17.5 Å². The first-order valence-corrected chi connectivity index (χ1v) is 6.41. The minimum Gasteiger partial charge on any atom is -0.325 e. The van der Waals surface area contributed by atoms with Crippen LogP contribution in [0.3, 0.4) is 0 Å². The van der Waals surface area contributed by atoms with Crippen molar-refractivity contribution >= 4 is 11.3 Å². The van der Waals surface area contributed by atoms with Crippen molar-refractivity contribution in [3.05, 3.63) is 45.7 Å². The Morgan fingerprint density at radius 1 is 1.35 bits per heavy atom. The molecule has 0 atom stereocenters. The van der Waals surface area contributed by atoms with Crippen LogP contribution < -0.4 is 11.1 Å². The van der Waals surface area contributed by atoms with Gasteiger partial charge >= 0.3 is 0 Å². The Morgan fingerprint density at radius 3 is 2.94 bits per heavy atom. The highest BCUT2D eigenvalue weighted by Gasteiger charge is 1.99. The molecule has 17 heavy (non-hydrogen) atoms. The fourth-order valence-electron chi connectivity index (χ4n) is 1.57. The van der Waals surface area contributed by atoms with E-state index < -0.39 is 0 Å². The number of nitrogens with two attached hydrogens (primary N) is 1. The third kappa shape index (κ3) is 3.59. The minimum atomic E-state index is 0.485. The molecule has 0 fully saturated rings. The summed E-state index contributed by atoms with van der Waals surface area (Å²) in [5, 5.41) is 6.55. The van der Waals surface area contributed by atoms with E-state index in [1.165, 1.54) is 5.56 Å². The summed E-state index contributed by atoms with van der Waals surface area (Å²) in [7, 11) is 0. The van der Waals surface area contributed by atoms with Crippen molar-refractivity contribution in [3.8, 4) is 0 Å². The number of hydrogen-bond acceptors (Lipinski definition) is 5. The molecule has 0 bridgehead atoms. The molecule has 3 N–H and O–H groups in total. The van der Waals surface area contributed by atoms with E-state index in [4.69, 9.17) is 5.73 Å². The van der Waals surface area contributed by atoms with Crippen molar-refractivity contribution in [2.75, 3.05) is 0 Å². The lowest BCUT2D eigenvalue weighted by atomic mass is 10.2. The molecule has 0 amide bonds. The molecule has 0 aliphatic heterocycles. The van der Waals surface area contributed by atoms with Crippen LogP contribution in [0, 0.1) is 6.92 Å². The zero-order valence-electron chi connectivity index (χ0n) is 9.81. The van der Waals surface area contributed by atoms with Gasteiger partial charge in [-0.15, -0.1) is 11.3 Å². The SMILES string of the molecule is Cc1nc(CNCc2ccnc(CN)c2)cs1. The van der Waals surface area contributed by atoms with Crippen molar-refractivity contribution in [2.45, 2.75) is 26.6 Å². The van der Waals surface area contributed by atoms with Gasteiger partial charge in [0.1, 0.15) is 0 Å². The van der Waals surface area contributed by atoms with E-state index in [0.29, 0.717) is 6.54 Å². The Bertz CT molecular complexity index is 481. The van der Waals surface area contributed by atoms with Gasteiger partial charge < -0.3 is 11.1 Å². The summed E-state index contributed by atoms with van der Waals surface area (Å²) < 4.78 is 0. The van der Waals surface area contributed by atoms with E-state index in [1.807, 2.05) is 19.1 Å². The van der Waals surface area contributed by atoms with Gasteiger partial charge in [0.25, 0.3) is 0 Å². The highest BCUT2D eigenvalue weighted by Crippen LogP contribution is 2.08. The first-order valence-electron chi connectivity index (χ1n) is 5.53. The van der Waals surface area contributed by atoms with Crippen LogP contribution in [0.4, 0.5) is 0 Å². The van der Waals surface area contributed by atoms with Gasteiger partial charge in [-0.2, -0.15) is 0 Å². The minimum absolute atomic E-state index is 0.485. The summed E-state index contributed by atoms with van der Waals surface area (Å²) in [6.45, 7) is 4.11. The van der Waals surface area contributed by atoms with Crippen molar-refractivity contribution in [1.29, 1.82) is 0 Å². The van der Waals surface area contributed by atoms with E-state index in [9.17, 15) is 0 Å². The molecule has 0 saturated heterocycles. The molecule has 0 aliphatic carbocycles. The largest absolute Gasteiger partial charge is 0.325 e. The molecule has 0 aliphatic rings. The number of nitrogens with one attached hydrogen (secondary N) is 1. The maximum absolute atomic E-state index is 5.55. The number of pyridine rings is 1. The van der Waals surface area contributed by atoms with Crippen LogP contribution in [0.5, 0.6) is 0 Å². The van der Waals surface area contributed by atoms with Gasteiger partial charge in [0.15, 0.2) is 0 Å². The fourth-order valence-corrected chi connectivity index (χ4v) is 2.19. The summed E-state index contributed by atoms with van der Waals surface area (Å²) in [6, 6.07) is 4.03. The zero-order valence-corrected chi connectivity index (χ0v) is 10.6. The van der Waals surface area contributed by atoms with Gasteiger partial charge in [-0.25, -0.2) is 4.98 Å². The van der Waals surface area contributed by atoms with Crippen LogP contribution in [0.25, 0.3) is 0 Å². The molecule has 0 spiro atoms. The Hall–Kier alpha value is -1.30. The molecule has 0 saturated carbocycles. The van der Waals surface area contributed by atoms with Crippen molar-refractivity contribution in [2.24, 2.45) is 5.73 Å². The molecular formula is C12H16N4S. The molecule has 2 aromatic heterocycles. The summed E-state index contributed by atoms with van der Waals surface area (Å²) >= 11 is 1.68. The lowest BCUT2D eigenvalue weighted by Crippen LogP contribution is -2.13. The van der Waals surface area contributed by atoms with E-state index in [-0.39, 0.29) is 0 Å². The maximum atomic E-state index is 5.55. The van der Waals surface area contributed by atoms with Crippen molar-refractivity contribution < 1.29 is 0 Å². The summed E-state index contributed by atoms with van der Waals surface area (Å²) in [5.41, 5.74) is 8.77. The van der Waals surface area contributed by atoms with Crippen LogP contribution in [-0.4, -0.2) is 9.97 Å². The highest BCUT2D eigenvalue weighted by molar-refractivity contribution is 7.09. The number of nitrogens with zero attached hydrogens (tertiary/aromatic N) is 2. The van der Waals surface area contributed by atoms with Crippen molar-refractivity contribution in [1.82, 2.24) is 15.3 Å². The Labute approximate surface area is 105 Å². The lowest BCUT2D eigenvalue weighted by Gasteiger charge is -2.04. The molecule has 0 radical (unpaired) electrons. The highest BCUT2D eigenvalue weighted by atomic mass is 32.1. The van der Waals surface area contributed by atoms with Gasteiger partial charge in [0.05, 0.1) is 16.4 Å². The molecule has 90 valence electrons. The first kappa shape index (κ1) is 12.2. The molecule has 0 unspecified atom stereocenters. The average molecular weight is 248 g/mol. The second-order valence-corrected chi connectivity index (χ2v) is 4.88. The van der Waals surface area contributed by atoms with Gasteiger partial charge in [-0.3, -0.25) is 4.98 Å². The number of hydrogen-bond donors (Lipinski definition) is 2. The van der Waals surface area contributed by atoms with Crippen LogP contribution in [0.2, 0.25) is 0 Å². The Balaban J connectivity index is 1.85. The molecule has 2 rings (SSSR count). The predicted octanol–water partition coefficient (Wildman–Crippen LogP) is 1.60. The van der Waals surface area contributed by atoms with Crippen molar-refractivity contribution in [3.63, 3.8) is 0 Å². The molecule has 2 heterocycles. The summed E-state index contributed by atoms with van der Waals surface area (Å²) in [4.78, 5) is 8.56. The molecule has 4 nitrogen and oxygen atoms in total. The summed E-state index contributed by atoms with van der Waals surface area (Å²) in [6.07, 6.45) is 1.80.